The van der Waals surface area contributed by atoms with Crippen molar-refractivity contribution < 1.29 is 0 Å². The Morgan fingerprint density at radius 2 is 1.92 bits per heavy atom. The average Bonchev–Trinajstić information content (AvgIpc) is 3.43. The van der Waals surface area contributed by atoms with Gasteiger partial charge in [-0.3, -0.25) is 15.3 Å². The SMILES string of the molecule is C=C/C(=C\C(=C/C)C(=C)/C=C(C(=N)c1cc2c(-c3cccnc3)ccnc2[nH]1)\C(N)=C/C)CN1CCCCC1. The first kappa shape index (κ1) is 27.7. The van der Waals surface area contributed by atoms with Gasteiger partial charge in [-0.05, 0) is 86.3 Å². The standard InChI is InChI=1S/C33H38N6/c1-5-24(22-39-16-9-8-10-17-39)19-25(6-2)23(4)18-29(30(34)7-3)32(35)31-20-28-27(13-15-37-33(28)38-31)26-12-11-14-36-21-26/h5-7,11-15,18-21,35H,1,4,8-10,16-17,22,34H2,2-3H3,(H,37,38)/b24-19+,25-6+,29-18+,30-7+,35-32?. The number of hydrogen-bond donors (Lipinski definition) is 3. The number of nitrogens with zero attached hydrogens (tertiary/aromatic N) is 3. The zero-order valence-corrected chi connectivity index (χ0v) is 23.0. The van der Waals surface area contributed by atoms with Crippen molar-refractivity contribution in [3.8, 4) is 11.1 Å². The molecule has 1 aliphatic heterocycles. The average molecular weight is 519 g/mol. The predicted octanol–water partition coefficient (Wildman–Crippen LogP) is 6.88. The Balaban J connectivity index is 1.65. The van der Waals surface area contributed by atoms with Crippen LogP contribution in [0.5, 0.6) is 0 Å². The molecule has 0 saturated carbocycles. The second kappa shape index (κ2) is 13.0. The van der Waals surface area contributed by atoms with E-state index >= 15 is 0 Å². The highest BCUT2D eigenvalue weighted by molar-refractivity contribution is 6.15. The summed E-state index contributed by atoms with van der Waals surface area (Å²) in [6.07, 6.45) is 19.0. The molecule has 1 aliphatic rings. The van der Waals surface area contributed by atoms with E-state index in [0.29, 0.717) is 22.6 Å². The van der Waals surface area contributed by atoms with Crippen molar-refractivity contribution in [2.75, 3.05) is 19.6 Å². The van der Waals surface area contributed by atoms with Crippen LogP contribution >= 0.6 is 0 Å². The molecule has 4 heterocycles. The van der Waals surface area contributed by atoms with Crippen molar-refractivity contribution in [1.29, 1.82) is 5.41 Å². The van der Waals surface area contributed by atoms with E-state index in [1.165, 1.54) is 19.3 Å². The van der Waals surface area contributed by atoms with E-state index in [1.54, 1.807) is 12.4 Å². The van der Waals surface area contributed by atoms with Crippen LogP contribution in [0.25, 0.3) is 22.2 Å². The molecule has 0 unspecified atom stereocenters. The van der Waals surface area contributed by atoms with E-state index < -0.39 is 0 Å². The summed E-state index contributed by atoms with van der Waals surface area (Å²) in [6.45, 7) is 15.4. The first-order valence-corrected chi connectivity index (χ1v) is 13.5. The lowest BCUT2D eigenvalue weighted by Gasteiger charge is -2.26. The molecule has 1 saturated heterocycles. The van der Waals surface area contributed by atoms with Gasteiger partial charge in [-0.1, -0.05) is 49.9 Å². The molecular weight excluding hydrogens is 480 g/mol. The fourth-order valence-corrected chi connectivity index (χ4v) is 4.90. The Kier molecular flexibility index (Phi) is 9.23. The summed E-state index contributed by atoms with van der Waals surface area (Å²) in [7, 11) is 0. The van der Waals surface area contributed by atoms with E-state index in [0.717, 1.165) is 52.9 Å². The molecule has 1 fully saturated rings. The smallest absolute Gasteiger partial charge is 0.138 e. The fraction of sp³-hybridized carbons (Fsp3) is 0.242. The van der Waals surface area contributed by atoms with Gasteiger partial charge in [0.2, 0.25) is 0 Å². The van der Waals surface area contributed by atoms with Gasteiger partial charge in [0, 0.05) is 47.4 Å². The topological polar surface area (TPSA) is 94.7 Å². The third-order valence-corrected chi connectivity index (χ3v) is 7.12. The van der Waals surface area contributed by atoms with Crippen LogP contribution in [0.1, 0.15) is 38.8 Å². The van der Waals surface area contributed by atoms with Crippen molar-refractivity contribution in [2.45, 2.75) is 33.1 Å². The first-order chi connectivity index (χ1) is 18.9. The monoisotopic (exact) mass is 518 g/mol. The number of piperidine rings is 1. The molecule has 4 rings (SSSR count). The maximum Gasteiger partial charge on any atom is 0.138 e. The van der Waals surface area contributed by atoms with Crippen LogP contribution < -0.4 is 5.73 Å². The Bertz CT molecular complexity index is 1480. The van der Waals surface area contributed by atoms with E-state index in [-0.39, 0.29) is 5.71 Å². The number of nitrogens with one attached hydrogen (secondary N) is 2. The summed E-state index contributed by atoms with van der Waals surface area (Å²) >= 11 is 0. The number of likely N-dealkylation sites (tertiary alicyclic amines) is 1. The molecule has 0 radical (unpaired) electrons. The molecule has 6 nitrogen and oxygen atoms in total. The highest BCUT2D eigenvalue weighted by Gasteiger charge is 2.17. The van der Waals surface area contributed by atoms with E-state index in [2.05, 4.69) is 39.1 Å². The van der Waals surface area contributed by atoms with Crippen molar-refractivity contribution in [3.05, 3.63) is 120 Å². The van der Waals surface area contributed by atoms with E-state index in [9.17, 15) is 0 Å². The van der Waals surface area contributed by atoms with Crippen LogP contribution in [0.15, 0.2) is 114 Å². The van der Waals surface area contributed by atoms with E-state index in [4.69, 9.17) is 11.1 Å². The molecule has 0 bridgehead atoms. The Morgan fingerprint density at radius 1 is 1.13 bits per heavy atom. The van der Waals surface area contributed by atoms with E-state index in [1.807, 2.05) is 68.6 Å². The Hall–Kier alpha value is -4.29. The summed E-state index contributed by atoms with van der Waals surface area (Å²) in [5.74, 6) is 0. The fourth-order valence-electron chi connectivity index (χ4n) is 4.90. The van der Waals surface area contributed by atoms with Gasteiger partial charge < -0.3 is 10.7 Å². The van der Waals surface area contributed by atoms with Gasteiger partial charge >= 0.3 is 0 Å². The van der Waals surface area contributed by atoms with Crippen molar-refractivity contribution >= 4 is 16.7 Å². The highest BCUT2D eigenvalue weighted by Crippen LogP contribution is 2.29. The van der Waals surface area contributed by atoms with Gasteiger partial charge in [0.05, 0.1) is 11.4 Å². The maximum atomic E-state index is 9.11. The molecular formula is C33H38N6. The van der Waals surface area contributed by atoms with Gasteiger partial charge in [-0.15, -0.1) is 0 Å². The van der Waals surface area contributed by atoms with Crippen molar-refractivity contribution in [3.63, 3.8) is 0 Å². The largest absolute Gasteiger partial charge is 0.398 e. The van der Waals surface area contributed by atoms with Crippen LogP contribution in [0.3, 0.4) is 0 Å². The molecule has 200 valence electrons. The number of rotatable bonds is 10. The summed E-state index contributed by atoms with van der Waals surface area (Å²) < 4.78 is 0. The first-order valence-electron chi connectivity index (χ1n) is 13.5. The molecule has 0 amide bonds. The molecule has 39 heavy (non-hydrogen) atoms. The molecule has 0 aliphatic carbocycles. The normalized spacial score (nSPS) is 15.9. The predicted molar refractivity (Wildman–Crippen MR) is 164 cm³/mol. The Labute approximate surface area is 231 Å². The zero-order chi connectivity index (χ0) is 27.8. The summed E-state index contributed by atoms with van der Waals surface area (Å²) in [4.78, 5) is 14.5. The van der Waals surface area contributed by atoms with Crippen LogP contribution in [0.2, 0.25) is 0 Å². The number of allylic oxidation sites excluding steroid dienone is 7. The number of fused-ring (bicyclic) bond motifs is 1. The van der Waals surface area contributed by atoms with Crippen LogP contribution in [0, 0.1) is 5.41 Å². The summed E-state index contributed by atoms with van der Waals surface area (Å²) in [5, 5.41) is 10.0. The summed E-state index contributed by atoms with van der Waals surface area (Å²) in [6, 6.07) is 7.85. The van der Waals surface area contributed by atoms with Gasteiger partial charge in [0.25, 0.3) is 0 Å². The minimum atomic E-state index is 0.276. The van der Waals surface area contributed by atoms with Gasteiger partial charge in [0.15, 0.2) is 0 Å². The minimum absolute atomic E-state index is 0.276. The molecule has 0 aromatic carbocycles. The van der Waals surface area contributed by atoms with Crippen LogP contribution in [-0.2, 0) is 0 Å². The lowest BCUT2D eigenvalue weighted by Crippen LogP contribution is -2.31. The quantitative estimate of drug-likeness (QED) is 0.201. The van der Waals surface area contributed by atoms with Crippen LogP contribution in [-0.4, -0.2) is 45.2 Å². The van der Waals surface area contributed by atoms with Crippen molar-refractivity contribution in [1.82, 2.24) is 19.9 Å². The molecule has 0 spiro atoms. The van der Waals surface area contributed by atoms with Gasteiger partial charge in [0.1, 0.15) is 5.65 Å². The van der Waals surface area contributed by atoms with Gasteiger partial charge in [-0.25, -0.2) is 4.98 Å². The molecule has 0 atom stereocenters. The maximum absolute atomic E-state index is 9.11. The second-order valence-corrected chi connectivity index (χ2v) is 9.75. The lowest BCUT2D eigenvalue weighted by molar-refractivity contribution is 0.248. The highest BCUT2D eigenvalue weighted by atomic mass is 15.1. The zero-order valence-electron chi connectivity index (χ0n) is 23.0. The molecule has 3 aromatic heterocycles. The number of aromatic nitrogens is 3. The second-order valence-electron chi connectivity index (χ2n) is 9.75. The number of pyridine rings is 2. The molecule has 6 heteroatoms. The number of hydrogen-bond acceptors (Lipinski definition) is 5. The number of nitrogens with two attached hydrogens (primary N) is 1. The number of aromatic amines is 1. The third kappa shape index (κ3) is 6.59. The molecule has 4 N–H and O–H groups in total. The lowest BCUT2D eigenvalue weighted by atomic mass is 9.96. The molecule has 3 aromatic rings. The van der Waals surface area contributed by atoms with Gasteiger partial charge in [-0.2, -0.15) is 0 Å². The van der Waals surface area contributed by atoms with Crippen LogP contribution in [0.4, 0.5) is 0 Å². The van der Waals surface area contributed by atoms with Crippen molar-refractivity contribution in [2.24, 2.45) is 5.73 Å². The Morgan fingerprint density at radius 3 is 2.59 bits per heavy atom. The number of H-pyrrole nitrogens is 1. The summed E-state index contributed by atoms with van der Waals surface area (Å²) in [5.41, 5.74) is 14.1. The minimum Gasteiger partial charge on any atom is -0.398 e. The third-order valence-electron chi connectivity index (χ3n) is 7.12.